The maximum absolute atomic E-state index is 12.9. The van der Waals surface area contributed by atoms with E-state index in [2.05, 4.69) is 36.1 Å². The summed E-state index contributed by atoms with van der Waals surface area (Å²) in [7, 11) is 0. The smallest absolute Gasteiger partial charge is 0.356 e. The number of anilines is 1. The van der Waals surface area contributed by atoms with Crippen molar-refractivity contribution in [3.63, 3.8) is 0 Å². The number of nitrogens with zero attached hydrogens (tertiary/aromatic N) is 3. The first-order valence-corrected chi connectivity index (χ1v) is 8.81. The molecule has 2 aliphatic rings. The first kappa shape index (κ1) is 20.3. The van der Waals surface area contributed by atoms with Gasteiger partial charge in [0, 0.05) is 6.04 Å². The third kappa shape index (κ3) is 6.05. The number of hydrogen-bond acceptors (Lipinski definition) is 6. The van der Waals surface area contributed by atoms with Crippen molar-refractivity contribution < 1.29 is 23.4 Å². The van der Waals surface area contributed by atoms with Gasteiger partial charge in [0.15, 0.2) is 11.5 Å². The van der Waals surface area contributed by atoms with Gasteiger partial charge in [-0.3, -0.25) is 0 Å². The van der Waals surface area contributed by atoms with Crippen LogP contribution in [0.5, 0.6) is 5.88 Å². The highest BCUT2D eigenvalue weighted by Gasteiger charge is 2.46. The zero-order valence-corrected chi connectivity index (χ0v) is 15.3. The highest BCUT2D eigenvalue weighted by Crippen LogP contribution is 2.36. The first-order valence-electron chi connectivity index (χ1n) is 8.81. The third-order valence-corrected chi connectivity index (χ3v) is 3.85. The van der Waals surface area contributed by atoms with Gasteiger partial charge in [0.2, 0.25) is 0 Å². The molecule has 0 atom stereocenters. The number of hydrogen-bond donors (Lipinski definition) is 2. The van der Waals surface area contributed by atoms with Crippen LogP contribution in [0.4, 0.5) is 14.6 Å². The normalized spacial score (nSPS) is 18.0. The lowest BCUT2D eigenvalue weighted by molar-refractivity contribution is -0.0270. The van der Waals surface area contributed by atoms with Crippen molar-refractivity contribution in [2.75, 3.05) is 31.1 Å². The van der Waals surface area contributed by atoms with Gasteiger partial charge in [-0.1, -0.05) is 20.8 Å². The van der Waals surface area contributed by atoms with Crippen molar-refractivity contribution in [1.82, 2.24) is 15.3 Å². The fourth-order valence-electron chi connectivity index (χ4n) is 2.33. The van der Waals surface area contributed by atoms with Crippen molar-refractivity contribution in [3.05, 3.63) is 11.9 Å². The van der Waals surface area contributed by atoms with Gasteiger partial charge in [0.1, 0.15) is 0 Å². The van der Waals surface area contributed by atoms with Gasteiger partial charge in [0.05, 0.1) is 25.9 Å². The van der Waals surface area contributed by atoms with Crippen LogP contribution in [0.15, 0.2) is 6.20 Å². The van der Waals surface area contributed by atoms with Gasteiger partial charge < -0.3 is 20.1 Å². The van der Waals surface area contributed by atoms with E-state index in [-0.39, 0.29) is 17.4 Å². The molecule has 1 saturated carbocycles. The number of carboxylic acids is 1. The molecular formula is C17H26F2N4O3. The van der Waals surface area contributed by atoms with E-state index < -0.39 is 25.0 Å². The topological polar surface area (TPSA) is 87.6 Å². The third-order valence-electron chi connectivity index (χ3n) is 3.85. The van der Waals surface area contributed by atoms with Crippen molar-refractivity contribution in [1.29, 1.82) is 0 Å². The molecule has 26 heavy (non-hydrogen) atoms. The summed E-state index contributed by atoms with van der Waals surface area (Å²) >= 11 is 0. The number of halogens is 2. The van der Waals surface area contributed by atoms with E-state index in [1.807, 2.05) is 0 Å². The standard InChI is InChI=1S/C12H13F2N3O3.C5H13N/c13-12(14)5-17(6-12)9-10(20-4-7-1-2-7)16-8(3-15-9)11(18)19;1-4-6-5(2)3/h3,7H,1-2,4-6H2,(H,18,19);5-6H,4H2,1-3H3. The lowest BCUT2D eigenvalue weighted by atomic mass is 10.1. The molecule has 0 spiro atoms. The minimum Gasteiger partial charge on any atom is -0.476 e. The summed E-state index contributed by atoms with van der Waals surface area (Å²) in [5, 5.41) is 12.1. The molecule has 146 valence electrons. The molecule has 1 aromatic heterocycles. The second kappa shape index (κ2) is 8.57. The van der Waals surface area contributed by atoms with E-state index in [0.717, 1.165) is 25.6 Å². The average molecular weight is 372 g/mol. The number of aromatic carboxylic acids is 1. The number of aromatic nitrogens is 2. The lowest BCUT2D eigenvalue weighted by Crippen LogP contribution is -2.56. The molecule has 2 heterocycles. The van der Waals surface area contributed by atoms with Crippen LogP contribution >= 0.6 is 0 Å². The number of rotatable bonds is 7. The van der Waals surface area contributed by atoms with Crippen LogP contribution in [0.1, 0.15) is 44.1 Å². The summed E-state index contributed by atoms with van der Waals surface area (Å²) in [4.78, 5) is 20.0. The molecule has 1 saturated heterocycles. The molecule has 3 rings (SSSR count). The Hall–Kier alpha value is -2.03. The fourth-order valence-corrected chi connectivity index (χ4v) is 2.33. The monoisotopic (exact) mass is 372 g/mol. The molecule has 1 aromatic rings. The van der Waals surface area contributed by atoms with Crippen molar-refractivity contribution in [2.45, 2.75) is 45.6 Å². The molecule has 0 radical (unpaired) electrons. The Kier molecular flexibility index (Phi) is 6.69. The highest BCUT2D eigenvalue weighted by atomic mass is 19.3. The first-order chi connectivity index (χ1) is 12.2. The van der Waals surface area contributed by atoms with Crippen molar-refractivity contribution in [3.8, 4) is 5.88 Å². The second-order valence-electron chi connectivity index (χ2n) is 6.87. The summed E-state index contributed by atoms with van der Waals surface area (Å²) < 4.78 is 31.3. The van der Waals surface area contributed by atoms with E-state index in [0.29, 0.717) is 18.6 Å². The second-order valence-corrected chi connectivity index (χ2v) is 6.87. The SMILES string of the molecule is CCNC(C)C.O=C(O)c1cnc(N2CC(F)(F)C2)c(OCC2CC2)n1. The number of ether oxygens (including phenoxy) is 1. The predicted molar refractivity (Wildman–Crippen MR) is 93.2 cm³/mol. The maximum atomic E-state index is 12.9. The fraction of sp³-hybridized carbons (Fsp3) is 0.706. The molecule has 2 N–H and O–H groups in total. The van der Waals surface area contributed by atoms with Gasteiger partial charge in [-0.05, 0) is 25.3 Å². The number of alkyl halides is 2. The van der Waals surface area contributed by atoms with E-state index in [1.165, 1.54) is 4.90 Å². The number of carboxylic acid groups (broad SMARTS) is 1. The van der Waals surface area contributed by atoms with Crippen LogP contribution < -0.4 is 15.0 Å². The molecule has 0 amide bonds. The van der Waals surface area contributed by atoms with Gasteiger partial charge >= 0.3 is 5.97 Å². The van der Waals surface area contributed by atoms with Crippen LogP contribution in [-0.2, 0) is 0 Å². The van der Waals surface area contributed by atoms with Gasteiger partial charge in [-0.25, -0.2) is 23.5 Å². The Morgan fingerprint density at radius 2 is 2.12 bits per heavy atom. The zero-order valence-electron chi connectivity index (χ0n) is 15.3. The molecule has 0 unspecified atom stereocenters. The van der Waals surface area contributed by atoms with Crippen LogP contribution in [0.25, 0.3) is 0 Å². The van der Waals surface area contributed by atoms with E-state index in [4.69, 9.17) is 9.84 Å². The minimum atomic E-state index is -2.74. The Morgan fingerprint density at radius 1 is 1.46 bits per heavy atom. The zero-order chi connectivity index (χ0) is 19.3. The van der Waals surface area contributed by atoms with Gasteiger partial charge in [-0.2, -0.15) is 0 Å². The van der Waals surface area contributed by atoms with Crippen molar-refractivity contribution in [2.24, 2.45) is 5.92 Å². The van der Waals surface area contributed by atoms with E-state index >= 15 is 0 Å². The van der Waals surface area contributed by atoms with Crippen LogP contribution in [0.2, 0.25) is 0 Å². The minimum absolute atomic E-state index is 0.0206. The molecule has 7 nitrogen and oxygen atoms in total. The van der Waals surface area contributed by atoms with Gasteiger partial charge in [0.25, 0.3) is 11.8 Å². The Balaban J connectivity index is 0.000000352. The predicted octanol–water partition coefficient (Wildman–Crippen LogP) is 2.42. The van der Waals surface area contributed by atoms with Crippen LogP contribution in [-0.4, -0.2) is 59.2 Å². The number of nitrogens with one attached hydrogen (secondary N) is 1. The van der Waals surface area contributed by atoms with Crippen molar-refractivity contribution >= 4 is 11.8 Å². The van der Waals surface area contributed by atoms with E-state index in [1.54, 1.807) is 0 Å². The van der Waals surface area contributed by atoms with Crippen LogP contribution in [0, 0.1) is 5.92 Å². The highest BCUT2D eigenvalue weighted by molar-refractivity contribution is 5.85. The summed E-state index contributed by atoms with van der Waals surface area (Å²) in [6.45, 7) is 6.99. The molecule has 2 fully saturated rings. The molecular weight excluding hydrogens is 346 g/mol. The Morgan fingerprint density at radius 3 is 2.54 bits per heavy atom. The molecule has 1 aliphatic carbocycles. The summed E-state index contributed by atoms with van der Waals surface area (Å²) in [5.74, 6) is -3.32. The summed E-state index contributed by atoms with van der Waals surface area (Å²) in [6.07, 6.45) is 3.17. The Bertz CT molecular complexity index is 616. The van der Waals surface area contributed by atoms with Gasteiger partial charge in [-0.15, -0.1) is 0 Å². The lowest BCUT2D eigenvalue weighted by Gasteiger charge is -2.39. The molecule has 0 bridgehead atoms. The van der Waals surface area contributed by atoms with E-state index in [9.17, 15) is 13.6 Å². The quantitative estimate of drug-likeness (QED) is 0.760. The molecule has 9 heteroatoms. The average Bonchev–Trinajstić information content (AvgIpc) is 3.35. The summed E-state index contributed by atoms with van der Waals surface area (Å²) in [5.41, 5.74) is -0.258. The Labute approximate surface area is 151 Å². The number of carbonyl (C=O) groups is 1. The summed E-state index contributed by atoms with van der Waals surface area (Å²) in [6, 6.07) is 0.648. The molecule has 0 aromatic carbocycles. The largest absolute Gasteiger partial charge is 0.476 e. The maximum Gasteiger partial charge on any atom is 0.356 e. The molecule has 1 aliphatic heterocycles. The van der Waals surface area contributed by atoms with Crippen LogP contribution in [0.3, 0.4) is 0 Å².